The van der Waals surface area contributed by atoms with Gasteiger partial charge in [0.05, 0.1) is 13.0 Å². The molecular weight excluding hydrogens is 332 g/mol. The van der Waals surface area contributed by atoms with E-state index in [1.54, 1.807) is 0 Å². The molecule has 0 saturated heterocycles. The van der Waals surface area contributed by atoms with Crippen molar-refractivity contribution in [1.82, 2.24) is 0 Å². The summed E-state index contributed by atoms with van der Waals surface area (Å²) in [6, 6.07) is 17.8. The minimum absolute atomic E-state index is 0.208. The molecule has 0 bridgehead atoms. The van der Waals surface area contributed by atoms with E-state index in [1.807, 2.05) is 42.5 Å². The first kappa shape index (κ1) is 15.1. The van der Waals surface area contributed by atoms with Gasteiger partial charge in [0.2, 0.25) is 12.9 Å². The van der Waals surface area contributed by atoms with E-state index >= 15 is 0 Å². The maximum absolute atomic E-state index is 12.4. The standard InChI is InChI=1S/C21H16O5/c1-23-21(22)20-18(13-7-8-15-17(10-13)25-11-24-15)19-14-5-3-2-4-12(14)6-9-16(19)26-20/h2-10,18,20H,11H2,1H3. The molecule has 0 aliphatic carbocycles. The molecule has 0 amide bonds. The van der Waals surface area contributed by atoms with E-state index in [1.165, 1.54) is 7.11 Å². The molecule has 5 heteroatoms. The largest absolute Gasteiger partial charge is 0.477 e. The van der Waals surface area contributed by atoms with Crippen LogP contribution in [0, 0.1) is 0 Å². The van der Waals surface area contributed by atoms with Crippen molar-refractivity contribution in [2.45, 2.75) is 12.0 Å². The number of fused-ring (bicyclic) bond motifs is 4. The molecular formula is C21H16O5. The van der Waals surface area contributed by atoms with Crippen molar-refractivity contribution in [3.05, 3.63) is 65.7 Å². The number of hydrogen-bond acceptors (Lipinski definition) is 5. The number of carbonyl (C=O) groups is 1. The van der Waals surface area contributed by atoms with Gasteiger partial charge in [0.1, 0.15) is 5.75 Å². The topological polar surface area (TPSA) is 54.0 Å². The van der Waals surface area contributed by atoms with Crippen LogP contribution in [0.3, 0.4) is 0 Å². The van der Waals surface area contributed by atoms with Gasteiger partial charge in [0.25, 0.3) is 0 Å². The summed E-state index contributed by atoms with van der Waals surface area (Å²) in [5.41, 5.74) is 1.93. The predicted molar refractivity (Wildman–Crippen MR) is 94.8 cm³/mol. The molecule has 0 fully saturated rings. The van der Waals surface area contributed by atoms with Gasteiger partial charge in [-0.05, 0) is 34.5 Å². The first-order valence-corrected chi connectivity index (χ1v) is 8.42. The third-order valence-electron chi connectivity index (χ3n) is 4.99. The average molecular weight is 348 g/mol. The Hall–Kier alpha value is -3.21. The fourth-order valence-corrected chi connectivity index (χ4v) is 3.80. The van der Waals surface area contributed by atoms with Crippen LogP contribution in [0.15, 0.2) is 54.6 Å². The zero-order chi connectivity index (χ0) is 17.7. The summed E-state index contributed by atoms with van der Waals surface area (Å²) in [6.45, 7) is 0.208. The molecule has 130 valence electrons. The van der Waals surface area contributed by atoms with Crippen molar-refractivity contribution in [3.63, 3.8) is 0 Å². The van der Waals surface area contributed by atoms with E-state index in [0.29, 0.717) is 17.2 Å². The van der Waals surface area contributed by atoms with Gasteiger partial charge in [-0.2, -0.15) is 0 Å². The lowest BCUT2D eigenvalue weighted by molar-refractivity contribution is -0.148. The quantitative estimate of drug-likeness (QED) is 0.662. The van der Waals surface area contributed by atoms with E-state index in [0.717, 1.165) is 21.9 Å². The van der Waals surface area contributed by atoms with Crippen LogP contribution in [0.4, 0.5) is 0 Å². The Balaban J connectivity index is 1.73. The van der Waals surface area contributed by atoms with Crippen molar-refractivity contribution < 1.29 is 23.7 Å². The molecule has 0 N–H and O–H groups in total. The Bertz CT molecular complexity index is 1030. The lowest BCUT2D eigenvalue weighted by Gasteiger charge is -2.18. The molecule has 0 saturated carbocycles. The van der Waals surface area contributed by atoms with Gasteiger partial charge in [0.15, 0.2) is 11.5 Å². The maximum Gasteiger partial charge on any atom is 0.348 e. The van der Waals surface area contributed by atoms with E-state index < -0.39 is 12.1 Å². The third-order valence-corrected chi connectivity index (χ3v) is 4.99. The van der Waals surface area contributed by atoms with Gasteiger partial charge in [-0.1, -0.05) is 36.4 Å². The van der Waals surface area contributed by atoms with Crippen molar-refractivity contribution in [1.29, 1.82) is 0 Å². The molecule has 2 heterocycles. The number of carbonyl (C=O) groups excluding carboxylic acids is 1. The normalized spacial score (nSPS) is 19.9. The van der Waals surface area contributed by atoms with Crippen LogP contribution in [0.2, 0.25) is 0 Å². The Kier molecular flexibility index (Phi) is 3.28. The number of hydrogen-bond donors (Lipinski definition) is 0. The van der Waals surface area contributed by atoms with Gasteiger partial charge in [0, 0.05) is 5.56 Å². The van der Waals surface area contributed by atoms with Gasteiger partial charge in [-0.3, -0.25) is 0 Å². The molecule has 2 aliphatic heterocycles. The summed E-state index contributed by atoms with van der Waals surface area (Å²) in [5, 5.41) is 2.17. The fraction of sp³-hybridized carbons (Fsp3) is 0.190. The average Bonchev–Trinajstić information content (AvgIpc) is 3.31. The van der Waals surface area contributed by atoms with Crippen molar-refractivity contribution in [3.8, 4) is 17.2 Å². The number of benzene rings is 3. The molecule has 5 nitrogen and oxygen atoms in total. The van der Waals surface area contributed by atoms with Crippen LogP contribution >= 0.6 is 0 Å². The summed E-state index contributed by atoms with van der Waals surface area (Å²) in [5.74, 6) is 1.42. The highest BCUT2D eigenvalue weighted by molar-refractivity contribution is 5.92. The first-order valence-electron chi connectivity index (χ1n) is 8.42. The Morgan fingerprint density at radius 2 is 1.81 bits per heavy atom. The van der Waals surface area contributed by atoms with Crippen molar-refractivity contribution in [2.24, 2.45) is 0 Å². The van der Waals surface area contributed by atoms with Gasteiger partial charge < -0.3 is 18.9 Å². The Labute approximate surface area is 150 Å². The lowest BCUT2D eigenvalue weighted by atomic mass is 9.85. The Morgan fingerprint density at radius 3 is 2.69 bits per heavy atom. The summed E-state index contributed by atoms with van der Waals surface area (Å²) >= 11 is 0. The zero-order valence-corrected chi connectivity index (χ0v) is 14.1. The van der Waals surface area contributed by atoms with Crippen LogP contribution in [0.25, 0.3) is 10.8 Å². The monoisotopic (exact) mass is 348 g/mol. The second-order valence-corrected chi connectivity index (χ2v) is 6.35. The van der Waals surface area contributed by atoms with E-state index in [-0.39, 0.29) is 12.7 Å². The highest BCUT2D eigenvalue weighted by atomic mass is 16.7. The molecule has 0 aromatic heterocycles. The predicted octanol–water partition coefficient (Wildman–Crippen LogP) is 3.63. The Morgan fingerprint density at radius 1 is 1.00 bits per heavy atom. The van der Waals surface area contributed by atoms with Gasteiger partial charge >= 0.3 is 5.97 Å². The molecule has 2 unspecified atom stereocenters. The van der Waals surface area contributed by atoms with E-state index in [4.69, 9.17) is 18.9 Å². The minimum atomic E-state index is -0.735. The SMILES string of the molecule is COC(=O)C1Oc2ccc3ccccc3c2C1c1ccc2c(c1)OCO2. The number of ether oxygens (including phenoxy) is 4. The van der Waals surface area contributed by atoms with Crippen molar-refractivity contribution >= 4 is 16.7 Å². The highest BCUT2D eigenvalue weighted by Gasteiger charge is 2.42. The molecule has 26 heavy (non-hydrogen) atoms. The van der Waals surface area contributed by atoms with E-state index in [2.05, 4.69) is 12.1 Å². The van der Waals surface area contributed by atoms with Crippen LogP contribution in [-0.4, -0.2) is 26.0 Å². The molecule has 2 atom stereocenters. The van der Waals surface area contributed by atoms with Crippen LogP contribution in [-0.2, 0) is 9.53 Å². The van der Waals surface area contributed by atoms with Crippen LogP contribution < -0.4 is 14.2 Å². The third kappa shape index (κ3) is 2.13. The smallest absolute Gasteiger partial charge is 0.348 e. The zero-order valence-electron chi connectivity index (χ0n) is 14.1. The van der Waals surface area contributed by atoms with E-state index in [9.17, 15) is 4.79 Å². The summed E-state index contributed by atoms with van der Waals surface area (Å²) in [6.07, 6.45) is -0.735. The second kappa shape index (κ2) is 5.66. The van der Waals surface area contributed by atoms with Crippen molar-refractivity contribution in [2.75, 3.05) is 13.9 Å². The molecule has 2 aliphatic rings. The van der Waals surface area contributed by atoms with Crippen LogP contribution in [0.1, 0.15) is 17.0 Å². The second-order valence-electron chi connectivity index (χ2n) is 6.35. The molecule has 0 spiro atoms. The fourth-order valence-electron chi connectivity index (χ4n) is 3.80. The molecule has 3 aromatic rings. The van der Waals surface area contributed by atoms with Crippen LogP contribution in [0.5, 0.6) is 17.2 Å². The molecule has 5 rings (SSSR count). The number of esters is 1. The summed E-state index contributed by atoms with van der Waals surface area (Å²) in [4.78, 5) is 12.4. The summed E-state index contributed by atoms with van der Waals surface area (Å²) < 4.78 is 21.9. The van der Waals surface area contributed by atoms with Gasteiger partial charge in [-0.25, -0.2) is 4.79 Å². The molecule has 3 aromatic carbocycles. The summed E-state index contributed by atoms with van der Waals surface area (Å²) in [7, 11) is 1.38. The highest BCUT2D eigenvalue weighted by Crippen LogP contribution is 2.48. The minimum Gasteiger partial charge on any atom is -0.477 e. The number of rotatable bonds is 2. The first-order chi connectivity index (χ1) is 12.8. The maximum atomic E-state index is 12.4. The molecule has 0 radical (unpaired) electrons. The number of methoxy groups -OCH3 is 1. The van der Waals surface area contributed by atoms with Gasteiger partial charge in [-0.15, -0.1) is 0 Å². The lowest BCUT2D eigenvalue weighted by Crippen LogP contribution is -2.30.